The Morgan fingerprint density at radius 3 is 2.53 bits per heavy atom. The van der Waals surface area contributed by atoms with Crippen LogP contribution in [0.4, 0.5) is 0 Å². The van der Waals surface area contributed by atoms with E-state index in [0.717, 1.165) is 62.9 Å². The molecule has 34 heavy (non-hydrogen) atoms. The lowest BCUT2D eigenvalue weighted by Crippen LogP contribution is -2.48. The quantitative estimate of drug-likeness (QED) is 0.204. The summed E-state index contributed by atoms with van der Waals surface area (Å²) in [7, 11) is 0. The number of nitrogens with zero attached hydrogens (tertiary/aromatic N) is 2. The van der Waals surface area contributed by atoms with Gasteiger partial charge in [-0.3, -0.25) is 9.78 Å². The minimum Gasteiger partial charge on any atom is -0.485 e. The van der Waals surface area contributed by atoms with Crippen molar-refractivity contribution in [2.75, 3.05) is 19.7 Å². The van der Waals surface area contributed by atoms with Crippen LogP contribution in [-0.2, 0) is 14.9 Å². The molecule has 1 heterocycles. The van der Waals surface area contributed by atoms with Crippen molar-refractivity contribution in [2.24, 2.45) is 11.8 Å². The average molecular weight is 464 g/mol. The summed E-state index contributed by atoms with van der Waals surface area (Å²) >= 11 is 0. The van der Waals surface area contributed by atoms with Crippen LogP contribution in [0.3, 0.4) is 0 Å². The zero-order valence-corrected chi connectivity index (χ0v) is 20.5. The standard InChI is InChI=1S/C29H39N2O3/c1-23-21-27(26(23)14-18-31(2)19-20-33-25-13-10-17-30-22-25)34-28(32)29(15-8-3-4-9-16-29)24-11-6-5-7-12-24/h5-7,10-13,17,22-23,26-27H,2-4,8-9,14-16,18-21H2,1H3/q+1/t23?,26?,27-/m0/s1. The second-order valence-electron chi connectivity index (χ2n) is 10.1. The lowest BCUT2D eigenvalue weighted by molar-refractivity contribution is -0.523. The predicted molar refractivity (Wildman–Crippen MR) is 134 cm³/mol. The number of pyridine rings is 1. The van der Waals surface area contributed by atoms with Gasteiger partial charge in [0.05, 0.1) is 11.6 Å². The van der Waals surface area contributed by atoms with E-state index in [2.05, 4.69) is 35.3 Å². The molecule has 2 fully saturated rings. The summed E-state index contributed by atoms with van der Waals surface area (Å²) in [6.45, 7) is 8.63. The fourth-order valence-corrected chi connectivity index (χ4v) is 5.61. The van der Waals surface area contributed by atoms with Crippen molar-refractivity contribution in [1.29, 1.82) is 0 Å². The average Bonchev–Trinajstić information content (AvgIpc) is 3.12. The molecule has 182 valence electrons. The molecule has 1 aromatic heterocycles. The van der Waals surface area contributed by atoms with E-state index in [0.29, 0.717) is 18.4 Å². The first-order valence-corrected chi connectivity index (χ1v) is 12.9. The smallest absolute Gasteiger partial charge is 0.316 e. The summed E-state index contributed by atoms with van der Waals surface area (Å²) in [5.74, 6) is 1.74. The van der Waals surface area contributed by atoms with Gasteiger partial charge >= 0.3 is 5.97 Å². The van der Waals surface area contributed by atoms with Gasteiger partial charge in [-0.2, -0.15) is 0 Å². The van der Waals surface area contributed by atoms with E-state index in [9.17, 15) is 4.79 Å². The Bertz CT molecular complexity index is 923. The highest BCUT2D eigenvalue weighted by molar-refractivity contribution is 5.83. The highest BCUT2D eigenvalue weighted by Crippen LogP contribution is 2.44. The number of ether oxygens (including phenoxy) is 2. The van der Waals surface area contributed by atoms with E-state index in [-0.39, 0.29) is 12.1 Å². The number of hydrogen-bond acceptors (Lipinski definition) is 4. The Labute approximate surface area is 204 Å². The van der Waals surface area contributed by atoms with Crippen LogP contribution >= 0.6 is 0 Å². The predicted octanol–water partition coefficient (Wildman–Crippen LogP) is 5.42. The largest absolute Gasteiger partial charge is 0.485 e. The van der Waals surface area contributed by atoms with Gasteiger partial charge in [-0.05, 0) is 42.9 Å². The topological polar surface area (TPSA) is 51.4 Å². The van der Waals surface area contributed by atoms with Crippen LogP contribution in [0.15, 0.2) is 54.9 Å². The molecule has 2 unspecified atom stereocenters. The van der Waals surface area contributed by atoms with Gasteiger partial charge in [-0.15, -0.1) is 0 Å². The molecule has 2 saturated carbocycles. The fraction of sp³-hybridized carbons (Fsp3) is 0.552. The molecule has 0 aliphatic heterocycles. The Morgan fingerprint density at radius 2 is 1.85 bits per heavy atom. The van der Waals surface area contributed by atoms with Gasteiger partial charge in [0, 0.05) is 18.5 Å². The van der Waals surface area contributed by atoms with E-state index in [1.165, 1.54) is 12.8 Å². The Hall–Kier alpha value is -2.69. The summed E-state index contributed by atoms with van der Waals surface area (Å²) in [6.07, 6.45) is 11.8. The molecule has 0 radical (unpaired) electrons. The second kappa shape index (κ2) is 11.6. The van der Waals surface area contributed by atoms with Crippen LogP contribution in [0.2, 0.25) is 0 Å². The molecule has 0 bridgehead atoms. The molecule has 1 aromatic carbocycles. The summed E-state index contributed by atoms with van der Waals surface area (Å²) < 4.78 is 14.1. The maximum atomic E-state index is 13.7. The zero-order chi connectivity index (χ0) is 23.8. The van der Waals surface area contributed by atoms with Crippen LogP contribution in [0, 0.1) is 11.8 Å². The number of carbonyl (C=O) groups excluding carboxylic acids is 1. The number of hydrogen-bond donors (Lipinski definition) is 0. The van der Waals surface area contributed by atoms with E-state index in [1.807, 2.05) is 30.3 Å². The molecule has 0 spiro atoms. The van der Waals surface area contributed by atoms with Gasteiger partial charge in [0.15, 0.2) is 6.54 Å². The SMILES string of the molecule is C=[N+](CCOc1cccnc1)CCC1C(C)C[C@@H]1OC(=O)C1(c2ccccc2)CCCCCC1. The Morgan fingerprint density at radius 1 is 1.09 bits per heavy atom. The number of aromatic nitrogens is 1. The van der Waals surface area contributed by atoms with Crippen LogP contribution in [0.25, 0.3) is 0 Å². The molecule has 2 aromatic rings. The first-order chi connectivity index (χ1) is 16.6. The summed E-state index contributed by atoms with van der Waals surface area (Å²) in [6, 6.07) is 14.1. The molecular weight excluding hydrogens is 424 g/mol. The zero-order valence-electron chi connectivity index (χ0n) is 20.5. The highest BCUT2D eigenvalue weighted by atomic mass is 16.5. The van der Waals surface area contributed by atoms with Crippen molar-refractivity contribution < 1.29 is 18.8 Å². The molecule has 5 heteroatoms. The molecular formula is C29H39N2O3+. The first kappa shape index (κ1) is 24.4. The number of rotatable bonds is 10. The van der Waals surface area contributed by atoms with Gasteiger partial charge in [0.25, 0.3) is 0 Å². The maximum Gasteiger partial charge on any atom is 0.316 e. The lowest BCUT2D eigenvalue weighted by Gasteiger charge is -2.44. The van der Waals surface area contributed by atoms with Crippen LogP contribution in [0.5, 0.6) is 5.75 Å². The summed E-state index contributed by atoms with van der Waals surface area (Å²) in [5.41, 5.74) is 0.645. The number of esters is 1. The van der Waals surface area contributed by atoms with Crippen molar-refractivity contribution in [2.45, 2.75) is 69.8 Å². The van der Waals surface area contributed by atoms with Gasteiger partial charge < -0.3 is 9.47 Å². The van der Waals surface area contributed by atoms with Crippen molar-refractivity contribution in [1.82, 2.24) is 4.98 Å². The third-order valence-corrected chi connectivity index (χ3v) is 7.83. The van der Waals surface area contributed by atoms with Crippen LogP contribution < -0.4 is 4.74 Å². The van der Waals surface area contributed by atoms with E-state index < -0.39 is 5.41 Å². The van der Waals surface area contributed by atoms with Crippen LogP contribution in [0.1, 0.15) is 63.9 Å². The van der Waals surface area contributed by atoms with E-state index in [1.54, 1.807) is 12.4 Å². The summed E-state index contributed by atoms with van der Waals surface area (Å²) in [5, 5.41) is 0. The normalized spacial score (nSPS) is 23.9. The molecule has 2 aliphatic carbocycles. The van der Waals surface area contributed by atoms with Crippen molar-refractivity contribution in [3.8, 4) is 5.75 Å². The fourth-order valence-electron chi connectivity index (χ4n) is 5.61. The molecule has 3 atom stereocenters. The molecule has 0 N–H and O–H groups in total. The Balaban J connectivity index is 1.30. The Kier molecular flexibility index (Phi) is 8.36. The van der Waals surface area contributed by atoms with Crippen molar-refractivity contribution >= 4 is 12.7 Å². The number of benzene rings is 1. The second-order valence-corrected chi connectivity index (χ2v) is 10.1. The van der Waals surface area contributed by atoms with Gasteiger partial charge in [-0.1, -0.05) is 62.9 Å². The molecule has 0 saturated heterocycles. The molecule has 2 aliphatic rings. The van der Waals surface area contributed by atoms with E-state index in [4.69, 9.17) is 9.47 Å². The molecule has 4 rings (SSSR count). The van der Waals surface area contributed by atoms with Gasteiger partial charge in [0.1, 0.15) is 31.7 Å². The minimum atomic E-state index is -0.483. The third kappa shape index (κ3) is 5.86. The van der Waals surface area contributed by atoms with Crippen LogP contribution in [-0.4, -0.2) is 48.0 Å². The molecule has 5 nitrogen and oxygen atoms in total. The molecule has 0 amide bonds. The third-order valence-electron chi connectivity index (χ3n) is 7.83. The van der Waals surface area contributed by atoms with Gasteiger partial charge in [0.2, 0.25) is 0 Å². The first-order valence-electron chi connectivity index (χ1n) is 12.9. The minimum absolute atomic E-state index is 0.00106. The summed E-state index contributed by atoms with van der Waals surface area (Å²) in [4.78, 5) is 17.7. The van der Waals surface area contributed by atoms with Gasteiger partial charge in [-0.25, -0.2) is 4.58 Å². The van der Waals surface area contributed by atoms with E-state index >= 15 is 0 Å². The van der Waals surface area contributed by atoms with Crippen molar-refractivity contribution in [3.63, 3.8) is 0 Å². The number of carbonyl (C=O) groups is 1. The highest BCUT2D eigenvalue weighted by Gasteiger charge is 2.47. The monoisotopic (exact) mass is 463 g/mol. The lowest BCUT2D eigenvalue weighted by atomic mass is 9.69. The van der Waals surface area contributed by atoms with Crippen molar-refractivity contribution in [3.05, 3.63) is 60.4 Å². The maximum absolute atomic E-state index is 13.7.